The number of aliphatic imine (C=N–C) groups is 1. The second-order valence-corrected chi connectivity index (χ2v) is 8.60. The Morgan fingerprint density at radius 1 is 0.973 bits per heavy atom. The van der Waals surface area contributed by atoms with Gasteiger partial charge >= 0.3 is 0 Å². The van der Waals surface area contributed by atoms with Crippen LogP contribution in [-0.2, 0) is 6.54 Å². The predicted octanol–water partition coefficient (Wildman–Crippen LogP) is 6.53. The zero-order valence-electron chi connectivity index (χ0n) is 20.0. The van der Waals surface area contributed by atoms with Crippen molar-refractivity contribution in [2.75, 3.05) is 6.54 Å². The fraction of sp³-hybridized carbons (Fsp3) is 0.100. The smallest absolute Gasteiger partial charge is 0.251 e. The highest BCUT2D eigenvalue weighted by Crippen LogP contribution is 2.30. The number of pyridine rings is 1. The Hall–Kier alpha value is -4.65. The Morgan fingerprint density at radius 2 is 1.76 bits per heavy atom. The van der Waals surface area contributed by atoms with Crippen LogP contribution in [0.25, 0.3) is 16.8 Å². The van der Waals surface area contributed by atoms with E-state index in [2.05, 4.69) is 27.4 Å². The molecule has 0 saturated heterocycles. The molecule has 7 heteroatoms. The standard InChI is InChI=1S/C30H23F2N3O2/c1-19-27(30(36)35-17-20-12-24(31)15-25(32)13-20)6-3-7-29(19)37-26-9-11-34-28(16-26)22-5-2-4-21(14-22)23-8-10-33-18-23/h2-9,11-16,18H,10,17H2,1H3,(H,35,36). The minimum atomic E-state index is -0.691. The molecule has 0 radical (unpaired) electrons. The summed E-state index contributed by atoms with van der Waals surface area (Å²) < 4.78 is 33.0. The molecule has 1 N–H and O–H groups in total. The quantitative estimate of drug-likeness (QED) is 0.317. The maximum absolute atomic E-state index is 13.4. The SMILES string of the molecule is Cc1c(Oc2ccnc(-c3cccc(C4=CCN=C4)c3)c2)cccc1C(=O)NCc1cc(F)cc(F)c1. The summed E-state index contributed by atoms with van der Waals surface area (Å²) in [6.07, 6.45) is 5.63. The molecular weight excluding hydrogens is 472 g/mol. The molecule has 0 unspecified atom stereocenters. The molecule has 1 aliphatic rings. The van der Waals surface area contributed by atoms with Gasteiger partial charge in [-0.25, -0.2) is 8.78 Å². The van der Waals surface area contributed by atoms with Crippen LogP contribution in [0.5, 0.6) is 11.5 Å². The number of hydrogen-bond donors (Lipinski definition) is 1. The number of carbonyl (C=O) groups excluding carboxylic acids is 1. The summed E-state index contributed by atoms with van der Waals surface area (Å²) in [7, 11) is 0. The second-order valence-electron chi connectivity index (χ2n) is 8.60. The fourth-order valence-corrected chi connectivity index (χ4v) is 4.13. The summed E-state index contributed by atoms with van der Waals surface area (Å²) in [5, 5.41) is 2.71. The maximum atomic E-state index is 13.4. The van der Waals surface area contributed by atoms with Crippen molar-refractivity contribution in [3.05, 3.63) is 119 Å². The Morgan fingerprint density at radius 3 is 2.54 bits per heavy atom. The summed E-state index contributed by atoms with van der Waals surface area (Å²) in [4.78, 5) is 21.6. The first-order chi connectivity index (χ1) is 18.0. The summed E-state index contributed by atoms with van der Waals surface area (Å²) >= 11 is 0. The van der Waals surface area contributed by atoms with E-state index in [1.165, 1.54) is 12.1 Å². The Bertz CT molecular complexity index is 1530. The van der Waals surface area contributed by atoms with E-state index in [4.69, 9.17) is 4.74 Å². The molecule has 0 aliphatic carbocycles. The van der Waals surface area contributed by atoms with E-state index < -0.39 is 11.6 Å². The third-order valence-electron chi connectivity index (χ3n) is 6.00. The van der Waals surface area contributed by atoms with Gasteiger partial charge in [0.2, 0.25) is 0 Å². The molecule has 0 spiro atoms. The molecule has 184 valence electrons. The van der Waals surface area contributed by atoms with E-state index in [-0.39, 0.29) is 12.5 Å². The number of benzene rings is 3. The van der Waals surface area contributed by atoms with Gasteiger partial charge in [-0.15, -0.1) is 0 Å². The lowest BCUT2D eigenvalue weighted by Crippen LogP contribution is -2.23. The largest absolute Gasteiger partial charge is 0.457 e. The summed E-state index contributed by atoms with van der Waals surface area (Å²) in [6.45, 7) is 2.48. The average molecular weight is 496 g/mol. The third-order valence-corrected chi connectivity index (χ3v) is 6.00. The van der Waals surface area contributed by atoms with Gasteiger partial charge in [0.25, 0.3) is 5.91 Å². The van der Waals surface area contributed by atoms with E-state index in [9.17, 15) is 13.6 Å². The van der Waals surface area contributed by atoms with E-state index in [0.29, 0.717) is 34.7 Å². The first kappa shape index (κ1) is 24.1. The summed E-state index contributed by atoms with van der Waals surface area (Å²) in [5.41, 5.74) is 5.23. The fourth-order valence-electron chi connectivity index (χ4n) is 4.13. The van der Waals surface area contributed by atoms with Gasteiger partial charge in [-0.1, -0.05) is 30.3 Å². The molecule has 37 heavy (non-hydrogen) atoms. The first-order valence-electron chi connectivity index (χ1n) is 11.7. The van der Waals surface area contributed by atoms with Crippen LogP contribution in [-0.4, -0.2) is 23.7 Å². The highest BCUT2D eigenvalue weighted by molar-refractivity contribution is 6.11. The van der Waals surface area contributed by atoms with Gasteiger partial charge < -0.3 is 10.1 Å². The monoisotopic (exact) mass is 495 g/mol. The molecule has 4 aromatic rings. The molecule has 0 atom stereocenters. The zero-order chi connectivity index (χ0) is 25.8. The lowest BCUT2D eigenvalue weighted by molar-refractivity contribution is 0.0950. The average Bonchev–Trinajstić information content (AvgIpc) is 3.44. The number of halogens is 2. The molecule has 0 saturated carbocycles. The molecule has 1 amide bonds. The van der Waals surface area contributed by atoms with Crippen molar-refractivity contribution in [3.63, 3.8) is 0 Å². The Kier molecular flexibility index (Phi) is 6.85. The summed E-state index contributed by atoms with van der Waals surface area (Å²) in [6, 6.07) is 20.0. The zero-order valence-corrected chi connectivity index (χ0v) is 20.0. The van der Waals surface area contributed by atoms with Gasteiger partial charge in [0.1, 0.15) is 23.1 Å². The topological polar surface area (TPSA) is 63.6 Å². The van der Waals surface area contributed by atoms with Crippen LogP contribution < -0.4 is 10.1 Å². The molecule has 1 aromatic heterocycles. The molecule has 1 aliphatic heterocycles. The summed E-state index contributed by atoms with van der Waals surface area (Å²) in [5.74, 6) is -0.660. The van der Waals surface area contributed by atoms with Gasteiger partial charge in [-0.05, 0) is 60.0 Å². The lowest BCUT2D eigenvalue weighted by Gasteiger charge is -2.13. The van der Waals surface area contributed by atoms with Crippen molar-refractivity contribution in [2.45, 2.75) is 13.5 Å². The number of hydrogen-bond acceptors (Lipinski definition) is 4. The number of rotatable bonds is 7. The van der Waals surface area contributed by atoms with E-state index in [0.717, 1.165) is 28.5 Å². The minimum absolute atomic E-state index is 0.00638. The number of nitrogens with zero attached hydrogens (tertiary/aromatic N) is 2. The van der Waals surface area contributed by atoms with Crippen molar-refractivity contribution in [3.8, 4) is 22.8 Å². The molecular formula is C30H23F2N3O2. The number of carbonyl (C=O) groups is 1. The molecule has 0 bridgehead atoms. The van der Waals surface area contributed by atoms with Crippen molar-refractivity contribution in [1.82, 2.24) is 10.3 Å². The first-order valence-corrected chi connectivity index (χ1v) is 11.7. The predicted molar refractivity (Wildman–Crippen MR) is 140 cm³/mol. The number of nitrogens with one attached hydrogen (secondary N) is 1. The molecule has 0 fully saturated rings. The van der Waals surface area contributed by atoms with E-state index in [1.807, 2.05) is 30.5 Å². The number of amides is 1. The van der Waals surface area contributed by atoms with E-state index >= 15 is 0 Å². The third kappa shape index (κ3) is 5.62. The molecule has 2 heterocycles. The van der Waals surface area contributed by atoms with Crippen LogP contribution in [0.1, 0.15) is 27.0 Å². The molecule has 5 rings (SSSR count). The van der Waals surface area contributed by atoms with Crippen LogP contribution in [0.3, 0.4) is 0 Å². The van der Waals surface area contributed by atoms with Crippen LogP contribution in [0.2, 0.25) is 0 Å². The van der Waals surface area contributed by atoms with Crippen LogP contribution in [0.15, 0.2) is 90.1 Å². The van der Waals surface area contributed by atoms with Gasteiger partial charge in [-0.2, -0.15) is 0 Å². The maximum Gasteiger partial charge on any atom is 0.251 e. The van der Waals surface area contributed by atoms with Gasteiger partial charge in [0.15, 0.2) is 0 Å². The number of allylic oxidation sites excluding steroid dienone is 1. The van der Waals surface area contributed by atoms with E-state index in [1.54, 1.807) is 37.4 Å². The molecule has 3 aromatic carbocycles. The van der Waals surface area contributed by atoms with Crippen LogP contribution in [0.4, 0.5) is 8.78 Å². The highest BCUT2D eigenvalue weighted by Gasteiger charge is 2.14. The normalized spacial score (nSPS) is 12.4. The van der Waals surface area contributed by atoms with Crippen molar-refractivity contribution < 1.29 is 18.3 Å². The minimum Gasteiger partial charge on any atom is -0.457 e. The Balaban J connectivity index is 1.33. The lowest BCUT2D eigenvalue weighted by atomic mass is 10.0. The van der Waals surface area contributed by atoms with Crippen molar-refractivity contribution in [1.29, 1.82) is 0 Å². The van der Waals surface area contributed by atoms with Crippen LogP contribution in [0, 0.1) is 18.6 Å². The highest BCUT2D eigenvalue weighted by atomic mass is 19.1. The van der Waals surface area contributed by atoms with Crippen molar-refractivity contribution in [2.24, 2.45) is 4.99 Å². The number of aromatic nitrogens is 1. The van der Waals surface area contributed by atoms with Gasteiger partial charge in [0.05, 0.1) is 12.2 Å². The van der Waals surface area contributed by atoms with Gasteiger partial charge in [0, 0.05) is 47.8 Å². The van der Waals surface area contributed by atoms with Gasteiger partial charge in [-0.3, -0.25) is 14.8 Å². The van der Waals surface area contributed by atoms with Crippen LogP contribution >= 0.6 is 0 Å². The Labute approximate surface area is 213 Å². The second kappa shape index (κ2) is 10.5. The van der Waals surface area contributed by atoms with Crippen molar-refractivity contribution >= 4 is 17.7 Å². The molecule has 5 nitrogen and oxygen atoms in total. The number of ether oxygens (including phenoxy) is 1.